The van der Waals surface area contributed by atoms with Gasteiger partial charge in [-0.2, -0.15) is 0 Å². The molecule has 0 spiro atoms. The number of hydrogen-bond donors (Lipinski definition) is 1. The molecule has 1 aliphatic heterocycles. The molecule has 20 heavy (non-hydrogen) atoms. The van der Waals surface area contributed by atoms with Gasteiger partial charge >= 0.3 is 0 Å². The van der Waals surface area contributed by atoms with Gasteiger partial charge in [0, 0.05) is 31.4 Å². The zero-order valence-electron chi connectivity index (χ0n) is 11.0. The van der Waals surface area contributed by atoms with Crippen molar-refractivity contribution in [3.63, 3.8) is 0 Å². The number of piperazine rings is 1. The Balaban J connectivity index is 1.96. The van der Waals surface area contributed by atoms with Gasteiger partial charge in [0.1, 0.15) is 11.6 Å². The van der Waals surface area contributed by atoms with Crippen LogP contribution < -0.4 is 10.2 Å². The smallest absolute Gasteiger partial charge is 0.128 e. The lowest BCUT2D eigenvalue weighted by Gasteiger charge is -2.38. The van der Waals surface area contributed by atoms with Gasteiger partial charge in [-0.15, -0.1) is 0 Å². The molecule has 4 heteroatoms. The maximum Gasteiger partial charge on any atom is 0.128 e. The first kappa shape index (κ1) is 13.1. The molecule has 1 heterocycles. The van der Waals surface area contributed by atoms with Crippen LogP contribution in [0.2, 0.25) is 0 Å². The molecule has 104 valence electrons. The summed E-state index contributed by atoms with van der Waals surface area (Å²) >= 11 is 0. The van der Waals surface area contributed by atoms with Crippen LogP contribution in [-0.4, -0.2) is 19.6 Å². The lowest BCUT2D eigenvalue weighted by atomic mass is 10.0. The third kappa shape index (κ3) is 2.65. The number of halogens is 2. The Hall–Kier alpha value is -1.94. The maximum absolute atomic E-state index is 13.4. The van der Waals surface area contributed by atoms with Crippen LogP contribution in [0.3, 0.4) is 0 Å². The van der Waals surface area contributed by atoms with Gasteiger partial charge in [-0.1, -0.05) is 30.3 Å². The van der Waals surface area contributed by atoms with Gasteiger partial charge in [-0.3, -0.25) is 0 Å². The molecule has 0 bridgehead atoms. The second kappa shape index (κ2) is 5.59. The van der Waals surface area contributed by atoms with E-state index in [1.54, 1.807) is 0 Å². The zero-order chi connectivity index (χ0) is 13.9. The average molecular weight is 274 g/mol. The number of nitrogens with zero attached hydrogens (tertiary/aromatic N) is 1. The molecule has 2 aromatic rings. The molecule has 2 nitrogen and oxygen atoms in total. The lowest BCUT2D eigenvalue weighted by Crippen LogP contribution is -2.46. The predicted octanol–water partition coefficient (Wildman–Crippen LogP) is 3.12. The summed E-state index contributed by atoms with van der Waals surface area (Å²) in [5, 5.41) is 3.33. The van der Waals surface area contributed by atoms with Crippen molar-refractivity contribution in [1.29, 1.82) is 0 Å². The fraction of sp³-hybridized carbons (Fsp3) is 0.250. The first-order valence-corrected chi connectivity index (χ1v) is 6.72. The van der Waals surface area contributed by atoms with E-state index in [2.05, 4.69) is 10.2 Å². The molecule has 1 unspecified atom stereocenters. The van der Waals surface area contributed by atoms with Gasteiger partial charge < -0.3 is 10.2 Å². The van der Waals surface area contributed by atoms with Gasteiger partial charge in [0.05, 0.1) is 6.04 Å². The Labute approximate surface area is 117 Å². The number of nitrogens with one attached hydrogen (secondary N) is 1. The van der Waals surface area contributed by atoms with E-state index < -0.39 is 11.6 Å². The maximum atomic E-state index is 13.4. The first-order chi connectivity index (χ1) is 9.74. The van der Waals surface area contributed by atoms with Crippen molar-refractivity contribution in [3.05, 3.63) is 65.7 Å². The molecule has 3 rings (SSSR count). The van der Waals surface area contributed by atoms with Crippen LogP contribution in [0.4, 0.5) is 14.5 Å². The fourth-order valence-corrected chi connectivity index (χ4v) is 2.69. The summed E-state index contributed by atoms with van der Waals surface area (Å²) in [4.78, 5) is 2.05. The van der Waals surface area contributed by atoms with Crippen LogP contribution in [0, 0.1) is 11.6 Å². The first-order valence-electron chi connectivity index (χ1n) is 6.72. The van der Waals surface area contributed by atoms with E-state index in [0.29, 0.717) is 5.69 Å². The summed E-state index contributed by atoms with van der Waals surface area (Å²) in [6.45, 7) is 2.30. The Bertz CT molecular complexity index is 566. The third-order valence-corrected chi connectivity index (χ3v) is 3.61. The molecule has 1 aliphatic rings. The molecule has 0 amide bonds. The summed E-state index contributed by atoms with van der Waals surface area (Å²) in [6, 6.07) is 13.8. The summed E-state index contributed by atoms with van der Waals surface area (Å²) < 4.78 is 26.9. The zero-order valence-corrected chi connectivity index (χ0v) is 11.0. The number of rotatable bonds is 2. The van der Waals surface area contributed by atoms with E-state index in [0.717, 1.165) is 31.3 Å². The summed E-state index contributed by atoms with van der Waals surface area (Å²) in [6.07, 6.45) is 0. The Morgan fingerprint density at radius 1 is 1.00 bits per heavy atom. The molecular weight excluding hydrogens is 258 g/mol. The monoisotopic (exact) mass is 274 g/mol. The SMILES string of the molecule is Fc1cc(F)cc(N2CCNCC2c2ccccc2)c1. The number of hydrogen-bond acceptors (Lipinski definition) is 2. The van der Waals surface area contributed by atoms with Crippen LogP contribution in [0.5, 0.6) is 0 Å². The van der Waals surface area contributed by atoms with Crippen LogP contribution in [0.25, 0.3) is 0 Å². The van der Waals surface area contributed by atoms with Gasteiger partial charge in [0.2, 0.25) is 0 Å². The summed E-state index contributed by atoms with van der Waals surface area (Å²) in [5.74, 6) is -1.07. The highest BCUT2D eigenvalue weighted by Gasteiger charge is 2.24. The highest BCUT2D eigenvalue weighted by atomic mass is 19.1. The highest BCUT2D eigenvalue weighted by Crippen LogP contribution is 2.29. The molecule has 0 radical (unpaired) electrons. The van der Waals surface area contributed by atoms with Crippen molar-refractivity contribution in [2.24, 2.45) is 0 Å². The van der Waals surface area contributed by atoms with Gasteiger partial charge in [-0.25, -0.2) is 8.78 Å². The minimum absolute atomic E-state index is 0.0890. The molecule has 1 fully saturated rings. The summed E-state index contributed by atoms with van der Waals surface area (Å²) in [7, 11) is 0. The number of anilines is 1. The average Bonchev–Trinajstić information content (AvgIpc) is 2.47. The molecule has 1 atom stereocenters. The van der Waals surface area contributed by atoms with Crippen molar-refractivity contribution in [2.45, 2.75) is 6.04 Å². The number of benzene rings is 2. The molecule has 0 saturated carbocycles. The van der Waals surface area contributed by atoms with Gasteiger partial charge in [0.25, 0.3) is 0 Å². The molecule has 1 N–H and O–H groups in total. The Morgan fingerprint density at radius 2 is 1.70 bits per heavy atom. The highest BCUT2D eigenvalue weighted by molar-refractivity contribution is 5.50. The fourth-order valence-electron chi connectivity index (χ4n) is 2.69. The topological polar surface area (TPSA) is 15.3 Å². The van der Waals surface area contributed by atoms with Gasteiger partial charge in [-0.05, 0) is 17.7 Å². The van der Waals surface area contributed by atoms with Crippen LogP contribution in [0.15, 0.2) is 48.5 Å². The molecule has 1 saturated heterocycles. The second-order valence-corrected chi connectivity index (χ2v) is 4.95. The van der Waals surface area contributed by atoms with Crippen molar-refractivity contribution < 1.29 is 8.78 Å². The third-order valence-electron chi connectivity index (χ3n) is 3.61. The van der Waals surface area contributed by atoms with E-state index in [9.17, 15) is 8.78 Å². The lowest BCUT2D eigenvalue weighted by molar-refractivity contribution is 0.487. The van der Waals surface area contributed by atoms with Crippen molar-refractivity contribution in [2.75, 3.05) is 24.5 Å². The Morgan fingerprint density at radius 3 is 2.40 bits per heavy atom. The predicted molar refractivity (Wildman–Crippen MR) is 75.8 cm³/mol. The van der Waals surface area contributed by atoms with Gasteiger partial charge in [0.15, 0.2) is 0 Å². The van der Waals surface area contributed by atoms with Crippen molar-refractivity contribution >= 4 is 5.69 Å². The molecule has 2 aromatic carbocycles. The van der Waals surface area contributed by atoms with Crippen molar-refractivity contribution in [3.8, 4) is 0 Å². The van der Waals surface area contributed by atoms with E-state index in [1.165, 1.54) is 12.1 Å². The van der Waals surface area contributed by atoms with E-state index in [4.69, 9.17) is 0 Å². The van der Waals surface area contributed by atoms with Crippen LogP contribution in [-0.2, 0) is 0 Å². The van der Waals surface area contributed by atoms with E-state index in [1.807, 2.05) is 30.3 Å². The van der Waals surface area contributed by atoms with E-state index >= 15 is 0 Å². The molecule has 0 aliphatic carbocycles. The standard InChI is InChI=1S/C16H16F2N2/c17-13-8-14(18)10-15(9-13)20-7-6-19-11-16(20)12-4-2-1-3-5-12/h1-5,8-10,16,19H,6-7,11H2. The van der Waals surface area contributed by atoms with E-state index in [-0.39, 0.29) is 6.04 Å². The molecule has 0 aromatic heterocycles. The van der Waals surface area contributed by atoms with Crippen LogP contribution >= 0.6 is 0 Å². The second-order valence-electron chi connectivity index (χ2n) is 4.95. The largest absolute Gasteiger partial charge is 0.362 e. The quantitative estimate of drug-likeness (QED) is 0.905. The minimum atomic E-state index is -0.537. The Kier molecular flexibility index (Phi) is 3.65. The summed E-state index contributed by atoms with van der Waals surface area (Å²) in [5.41, 5.74) is 1.74. The minimum Gasteiger partial charge on any atom is -0.362 e. The van der Waals surface area contributed by atoms with Crippen LogP contribution in [0.1, 0.15) is 11.6 Å². The molecular formula is C16H16F2N2. The van der Waals surface area contributed by atoms with Crippen molar-refractivity contribution in [1.82, 2.24) is 5.32 Å². The normalized spacial score (nSPS) is 19.1.